The SMILES string of the molecule is Cc1ccc(N2C(=O)NC(=O)/C(=C\c3cc(Br)ccc3OCC(=O)Nc3ccccc3)C2=O)cc1Cl. The van der Waals surface area contributed by atoms with Gasteiger partial charge in [0, 0.05) is 20.7 Å². The van der Waals surface area contributed by atoms with Crippen molar-refractivity contribution < 1.29 is 23.9 Å². The number of anilines is 2. The van der Waals surface area contributed by atoms with Crippen LogP contribution in [0.4, 0.5) is 16.2 Å². The normalized spacial score (nSPS) is 14.6. The Morgan fingerprint density at radius 1 is 1.08 bits per heavy atom. The topological polar surface area (TPSA) is 105 Å². The third-order valence-corrected chi connectivity index (χ3v) is 6.10. The Labute approximate surface area is 220 Å². The molecule has 0 spiro atoms. The quantitative estimate of drug-likeness (QED) is 0.318. The Balaban J connectivity index is 1.60. The number of para-hydroxylation sites is 1. The fraction of sp³-hybridized carbons (Fsp3) is 0.0769. The first kappa shape index (κ1) is 25.2. The standard InChI is InChI=1S/C26H19BrClN3O5/c1-15-7-9-19(13-21(15)28)31-25(34)20(24(33)30-26(31)35)12-16-11-17(27)8-10-22(16)36-14-23(32)29-18-5-3-2-4-6-18/h2-13H,14H2,1H3,(H,29,32)(H,30,33,35)/b20-12+. The smallest absolute Gasteiger partial charge is 0.335 e. The van der Waals surface area contributed by atoms with Crippen molar-refractivity contribution >= 4 is 68.7 Å². The molecule has 3 aromatic carbocycles. The molecule has 0 radical (unpaired) electrons. The fourth-order valence-electron chi connectivity index (χ4n) is 3.39. The van der Waals surface area contributed by atoms with Crippen LogP contribution in [-0.4, -0.2) is 30.4 Å². The third kappa shape index (κ3) is 5.64. The summed E-state index contributed by atoms with van der Waals surface area (Å²) < 4.78 is 6.33. The Morgan fingerprint density at radius 2 is 1.83 bits per heavy atom. The Kier molecular flexibility index (Phi) is 7.52. The molecule has 1 fully saturated rings. The molecule has 1 heterocycles. The second-order valence-electron chi connectivity index (χ2n) is 7.78. The van der Waals surface area contributed by atoms with Gasteiger partial charge in [0.25, 0.3) is 17.7 Å². The molecule has 182 valence electrons. The lowest BCUT2D eigenvalue weighted by Gasteiger charge is -2.26. The van der Waals surface area contributed by atoms with Crippen LogP contribution < -0.4 is 20.3 Å². The minimum atomic E-state index is -0.884. The molecule has 1 saturated heterocycles. The summed E-state index contributed by atoms with van der Waals surface area (Å²) in [5, 5.41) is 5.26. The number of imide groups is 2. The van der Waals surface area contributed by atoms with Gasteiger partial charge in [-0.2, -0.15) is 0 Å². The van der Waals surface area contributed by atoms with Crippen LogP contribution >= 0.6 is 27.5 Å². The Morgan fingerprint density at radius 3 is 2.56 bits per heavy atom. The maximum Gasteiger partial charge on any atom is 0.335 e. The van der Waals surface area contributed by atoms with Crippen molar-refractivity contribution in [3.8, 4) is 5.75 Å². The van der Waals surface area contributed by atoms with Gasteiger partial charge in [0.05, 0.1) is 5.69 Å². The van der Waals surface area contributed by atoms with Gasteiger partial charge in [-0.1, -0.05) is 51.8 Å². The number of benzene rings is 3. The maximum absolute atomic E-state index is 13.2. The van der Waals surface area contributed by atoms with Crippen LogP contribution in [0.5, 0.6) is 5.75 Å². The number of carbonyl (C=O) groups excluding carboxylic acids is 4. The zero-order valence-corrected chi connectivity index (χ0v) is 21.2. The van der Waals surface area contributed by atoms with Crippen molar-refractivity contribution in [3.05, 3.63) is 92.9 Å². The first-order valence-electron chi connectivity index (χ1n) is 10.7. The average molecular weight is 569 g/mol. The summed E-state index contributed by atoms with van der Waals surface area (Å²) in [6.45, 7) is 1.48. The number of barbiturate groups is 1. The van der Waals surface area contributed by atoms with E-state index in [0.29, 0.717) is 20.7 Å². The molecule has 0 bridgehead atoms. The zero-order valence-electron chi connectivity index (χ0n) is 18.9. The van der Waals surface area contributed by atoms with Crippen LogP contribution in [0, 0.1) is 6.92 Å². The van der Waals surface area contributed by atoms with Gasteiger partial charge in [0.15, 0.2) is 6.61 Å². The van der Waals surface area contributed by atoms with Crippen LogP contribution in [0.15, 0.2) is 76.8 Å². The summed E-state index contributed by atoms with van der Waals surface area (Å²) in [5.74, 6) is -1.80. The van der Waals surface area contributed by atoms with Crippen molar-refractivity contribution in [3.63, 3.8) is 0 Å². The minimum Gasteiger partial charge on any atom is -0.483 e. The molecule has 1 aliphatic rings. The molecule has 0 aromatic heterocycles. The van der Waals surface area contributed by atoms with E-state index in [1.54, 1.807) is 61.5 Å². The number of ether oxygens (including phenoxy) is 1. The molecule has 0 atom stereocenters. The summed E-state index contributed by atoms with van der Waals surface area (Å²) >= 11 is 9.53. The lowest BCUT2D eigenvalue weighted by Crippen LogP contribution is -2.54. The molecule has 8 nitrogen and oxygen atoms in total. The molecule has 3 aromatic rings. The highest BCUT2D eigenvalue weighted by molar-refractivity contribution is 9.10. The third-order valence-electron chi connectivity index (χ3n) is 5.20. The number of nitrogens with one attached hydrogen (secondary N) is 2. The number of amides is 5. The molecule has 0 saturated carbocycles. The minimum absolute atomic E-state index is 0.217. The summed E-state index contributed by atoms with van der Waals surface area (Å²) in [6, 6.07) is 17.6. The summed E-state index contributed by atoms with van der Waals surface area (Å²) in [4.78, 5) is 51.5. The van der Waals surface area contributed by atoms with Crippen LogP contribution in [0.2, 0.25) is 5.02 Å². The number of aryl methyl sites for hydroxylation is 1. The van der Waals surface area contributed by atoms with Crippen LogP contribution in [0.25, 0.3) is 6.08 Å². The van der Waals surface area contributed by atoms with Gasteiger partial charge in [0.2, 0.25) is 0 Å². The average Bonchev–Trinajstić information content (AvgIpc) is 2.84. The van der Waals surface area contributed by atoms with E-state index < -0.39 is 17.8 Å². The highest BCUT2D eigenvalue weighted by Gasteiger charge is 2.37. The van der Waals surface area contributed by atoms with Gasteiger partial charge >= 0.3 is 6.03 Å². The number of rotatable bonds is 6. The molecule has 5 amide bonds. The highest BCUT2D eigenvalue weighted by atomic mass is 79.9. The molecular formula is C26H19BrClN3O5. The number of urea groups is 1. The number of carbonyl (C=O) groups is 4. The summed E-state index contributed by atoms with van der Waals surface area (Å²) in [5.41, 5.74) is 1.67. The maximum atomic E-state index is 13.2. The van der Waals surface area contributed by atoms with E-state index in [1.807, 2.05) is 6.07 Å². The number of hydrogen-bond acceptors (Lipinski definition) is 5. The van der Waals surface area contributed by atoms with E-state index in [-0.39, 0.29) is 29.5 Å². The van der Waals surface area contributed by atoms with Gasteiger partial charge in [-0.15, -0.1) is 0 Å². The lowest BCUT2D eigenvalue weighted by atomic mass is 10.1. The first-order chi connectivity index (χ1) is 17.2. The molecular weight excluding hydrogens is 550 g/mol. The van der Waals surface area contributed by atoms with Gasteiger partial charge in [-0.25, -0.2) is 9.69 Å². The monoisotopic (exact) mass is 567 g/mol. The van der Waals surface area contributed by atoms with Crippen molar-refractivity contribution in [1.82, 2.24) is 5.32 Å². The van der Waals surface area contributed by atoms with E-state index in [1.165, 1.54) is 12.1 Å². The van der Waals surface area contributed by atoms with E-state index in [4.69, 9.17) is 16.3 Å². The second-order valence-corrected chi connectivity index (χ2v) is 9.10. The molecule has 0 aliphatic carbocycles. The predicted octanol–water partition coefficient (Wildman–Crippen LogP) is 5.09. The van der Waals surface area contributed by atoms with Crippen LogP contribution in [0.1, 0.15) is 11.1 Å². The highest BCUT2D eigenvalue weighted by Crippen LogP contribution is 2.29. The van der Waals surface area contributed by atoms with Gasteiger partial charge in [-0.05, 0) is 61.0 Å². The molecule has 0 unspecified atom stereocenters. The fourth-order valence-corrected chi connectivity index (χ4v) is 3.95. The summed E-state index contributed by atoms with van der Waals surface area (Å²) in [7, 11) is 0. The number of halogens is 2. The molecule has 2 N–H and O–H groups in total. The molecule has 1 aliphatic heterocycles. The Bertz CT molecular complexity index is 1410. The van der Waals surface area contributed by atoms with Crippen molar-refractivity contribution in [2.24, 2.45) is 0 Å². The summed E-state index contributed by atoms with van der Waals surface area (Å²) in [6.07, 6.45) is 1.31. The van der Waals surface area contributed by atoms with Crippen molar-refractivity contribution in [2.75, 3.05) is 16.8 Å². The predicted molar refractivity (Wildman–Crippen MR) is 140 cm³/mol. The molecule has 36 heavy (non-hydrogen) atoms. The number of nitrogens with zero attached hydrogens (tertiary/aromatic N) is 1. The molecule has 4 rings (SSSR count). The van der Waals surface area contributed by atoms with Crippen molar-refractivity contribution in [2.45, 2.75) is 6.92 Å². The molecule has 10 heteroatoms. The number of hydrogen-bond donors (Lipinski definition) is 2. The zero-order chi connectivity index (χ0) is 25.8. The van der Waals surface area contributed by atoms with Gasteiger partial charge in [0.1, 0.15) is 11.3 Å². The Hall–Kier alpha value is -3.95. The van der Waals surface area contributed by atoms with Crippen LogP contribution in [0.3, 0.4) is 0 Å². The van der Waals surface area contributed by atoms with E-state index in [0.717, 1.165) is 10.5 Å². The van der Waals surface area contributed by atoms with E-state index >= 15 is 0 Å². The van der Waals surface area contributed by atoms with Gasteiger partial charge < -0.3 is 10.1 Å². The van der Waals surface area contributed by atoms with E-state index in [2.05, 4.69) is 26.6 Å². The second kappa shape index (κ2) is 10.8. The lowest BCUT2D eigenvalue weighted by molar-refractivity contribution is -0.122. The first-order valence-corrected chi connectivity index (χ1v) is 11.8. The van der Waals surface area contributed by atoms with E-state index in [9.17, 15) is 19.2 Å². The van der Waals surface area contributed by atoms with Crippen molar-refractivity contribution in [1.29, 1.82) is 0 Å². The van der Waals surface area contributed by atoms with Gasteiger partial charge in [-0.3, -0.25) is 19.7 Å². The van der Waals surface area contributed by atoms with Crippen LogP contribution in [-0.2, 0) is 14.4 Å². The largest absolute Gasteiger partial charge is 0.483 e.